The number of ether oxygens (including phenoxy) is 1. The lowest BCUT2D eigenvalue weighted by molar-refractivity contribution is 0.344. The lowest BCUT2D eigenvalue weighted by atomic mass is 10.3. The van der Waals surface area contributed by atoms with Gasteiger partial charge in [-0.3, -0.25) is 0 Å². The Morgan fingerprint density at radius 3 is 2.78 bits per heavy atom. The fourth-order valence-corrected chi connectivity index (χ4v) is 4.33. The van der Waals surface area contributed by atoms with Crippen molar-refractivity contribution in [1.82, 2.24) is 9.78 Å². The molecule has 0 amide bonds. The first-order valence-corrected chi connectivity index (χ1v) is 9.48. The molecule has 0 aliphatic heterocycles. The van der Waals surface area contributed by atoms with Crippen LogP contribution in [0.4, 0.5) is 0 Å². The molecule has 0 N–H and O–H groups in total. The van der Waals surface area contributed by atoms with Gasteiger partial charge in [0.1, 0.15) is 5.75 Å². The average Bonchev–Trinajstić information content (AvgIpc) is 2.93. The molecule has 0 radical (unpaired) electrons. The monoisotopic (exact) mass is 380 g/mol. The van der Waals surface area contributed by atoms with E-state index in [9.17, 15) is 0 Å². The molecule has 0 fully saturated rings. The molecule has 0 aliphatic rings. The van der Waals surface area contributed by atoms with Gasteiger partial charge in [-0.25, -0.2) is 4.68 Å². The van der Waals surface area contributed by atoms with Crippen LogP contribution >= 0.6 is 46.9 Å². The zero-order chi connectivity index (χ0) is 16.1. The maximum absolute atomic E-state index is 5.92. The number of thioether (sulfide) groups is 1. The summed E-state index contributed by atoms with van der Waals surface area (Å²) in [5, 5.41) is 5.23. The zero-order valence-electron chi connectivity index (χ0n) is 12.0. The highest BCUT2D eigenvalue weighted by Crippen LogP contribution is 2.24. The number of halogens is 1. The second-order valence-corrected chi connectivity index (χ2v) is 7.94. The van der Waals surface area contributed by atoms with Crippen molar-refractivity contribution in [3.8, 4) is 11.4 Å². The van der Waals surface area contributed by atoms with Gasteiger partial charge in [0.25, 0.3) is 0 Å². The van der Waals surface area contributed by atoms with E-state index in [-0.39, 0.29) is 0 Å². The molecule has 0 aliphatic carbocycles. The molecule has 23 heavy (non-hydrogen) atoms. The van der Waals surface area contributed by atoms with Gasteiger partial charge in [0.2, 0.25) is 0 Å². The number of para-hydroxylation sites is 1. The minimum absolute atomic E-state index is 0.586. The number of hydrogen-bond donors (Lipinski definition) is 0. The van der Waals surface area contributed by atoms with Gasteiger partial charge in [0.05, 0.1) is 12.3 Å². The summed E-state index contributed by atoms with van der Waals surface area (Å²) in [7, 11) is 0. The third-order valence-corrected chi connectivity index (χ3v) is 5.47. The van der Waals surface area contributed by atoms with Crippen LogP contribution in [-0.4, -0.2) is 22.1 Å². The van der Waals surface area contributed by atoms with E-state index in [0.717, 1.165) is 25.5 Å². The predicted octanol–water partition coefficient (Wildman–Crippen LogP) is 5.49. The van der Waals surface area contributed by atoms with Gasteiger partial charge in [-0.1, -0.05) is 59.0 Å². The Kier molecular flexibility index (Phi) is 5.72. The Hall–Kier alpha value is -1.34. The van der Waals surface area contributed by atoms with Crippen LogP contribution in [0.15, 0.2) is 58.9 Å². The molecule has 0 atom stereocenters. The third kappa shape index (κ3) is 4.57. The van der Waals surface area contributed by atoms with Crippen LogP contribution in [-0.2, 0) is 0 Å². The van der Waals surface area contributed by atoms with Crippen LogP contribution in [0.25, 0.3) is 5.69 Å². The van der Waals surface area contributed by atoms with Crippen LogP contribution < -0.4 is 4.74 Å². The van der Waals surface area contributed by atoms with E-state index in [2.05, 4.69) is 5.10 Å². The van der Waals surface area contributed by atoms with E-state index in [0.29, 0.717) is 11.6 Å². The molecule has 1 aromatic heterocycles. The maximum Gasteiger partial charge on any atom is 0.184 e. The van der Waals surface area contributed by atoms with E-state index in [1.807, 2.05) is 48.5 Å². The SMILES string of the molecule is S=c1sc(SCCOc2cccc(Cl)c2)nn1-c1ccccc1. The fraction of sp³-hybridized carbons (Fsp3) is 0.125. The fourth-order valence-electron chi connectivity index (χ4n) is 1.90. The van der Waals surface area contributed by atoms with Gasteiger partial charge in [-0.05, 0) is 42.5 Å². The van der Waals surface area contributed by atoms with E-state index < -0.39 is 0 Å². The molecule has 0 saturated heterocycles. The van der Waals surface area contributed by atoms with Crippen molar-refractivity contribution in [3.05, 3.63) is 63.6 Å². The molecule has 0 saturated carbocycles. The van der Waals surface area contributed by atoms with Crippen molar-refractivity contribution in [3.63, 3.8) is 0 Å². The topological polar surface area (TPSA) is 27.1 Å². The minimum atomic E-state index is 0.586. The lowest BCUT2D eigenvalue weighted by Crippen LogP contribution is -2.00. The first kappa shape index (κ1) is 16.5. The molecule has 0 unspecified atom stereocenters. The number of aromatic nitrogens is 2. The highest BCUT2D eigenvalue weighted by Gasteiger charge is 2.06. The van der Waals surface area contributed by atoms with Gasteiger partial charge in [0, 0.05) is 10.8 Å². The summed E-state index contributed by atoms with van der Waals surface area (Å²) in [6, 6.07) is 17.3. The van der Waals surface area contributed by atoms with E-state index in [1.54, 1.807) is 22.5 Å². The third-order valence-electron chi connectivity index (χ3n) is 2.90. The number of hydrogen-bond acceptors (Lipinski definition) is 5. The van der Waals surface area contributed by atoms with Crippen molar-refractivity contribution in [2.75, 3.05) is 12.4 Å². The number of benzene rings is 2. The summed E-state index contributed by atoms with van der Waals surface area (Å²) in [6.45, 7) is 0.586. The largest absolute Gasteiger partial charge is 0.493 e. The molecule has 1 heterocycles. The summed E-state index contributed by atoms with van der Waals surface area (Å²) >= 11 is 14.5. The van der Waals surface area contributed by atoms with E-state index in [4.69, 9.17) is 28.6 Å². The van der Waals surface area contributed by atoms with Gasteiger partial charge < -0.3 is 4.74 Å². The summed E-state index contributed by atoms with van der Waals surface area (Å²) in [4.78, 5) is 0. The van der Waals surface area contributed by atoms with Crippen molar-refractivity contribution in [2.24, 2.45) is 0 Å². The Morgan fingerprint density at radius 2 is 2.00 bits per heavy atom. The van der Waals surface area contributed by atoms with Crippen LogP contribution in [0, 0.1) is 3.95 Å². The van der Waals surface area contributed by atoms with Gasteiger partial charge in [-0.15, -0.1) is 5.10 Å². The van der Waals surface area contributed by atoms with Crippen LogP contribution in [0.2, 0.25) is 5.02 Å². The molecule has 3 nitrogen and oxygen atoms in total. The van der Waals surface area contributed by atoms with Crippen molar-refractivity contribution in [2.45, 2.75) is 4.34 Å². The van der Waals surface area contributed by atoms with Crippen molar-refractivity contribution >= 4 is 46.9 Å². The molecule has 0 bridgehead atoms. The first-order valence-electron chi connectivity index (χ1n) is 6.89. The van der Waals surface area contributed by atoms with Gasteiger partial charge in [0.15, 0.2) is 8.29 Å². The zero-order valence-corrected chi connectivity index (χ0v) is 15.2. The Balaban J connectivity index is 1.56. The van der Waals surface area contributed by atoms with E-state index >= 15 is 0 Å². The smallest absolute Gasteiger partial charge is 0.184 e. The second-order valence-electron chi connectivity index (χ2n) is 4.54. The van der Waals surface area contributed by atoms with Crippen LogP contribution in [0.3, 0.4) is 0 Å². The molecule has 118 valence electrons. The Bertz CT molecular complexity index is 833. The molecular weight excluding hydrogens is 368 g/mol. The molecule has 3 aromatic rings. The van der Waals surface area contributed by atoms with Crippen molar-refractivity contribution < 1.29 is 4.74 Å². The normalized spacial score (nSPS) is 10.7. The van der Waals surface area contributed by atoms with E-state index in [1.165, 1.54) is 11.3 Å². The second kappa shape index (κ2) is 7.97. The number of nitrogens with zero attached hydrogens (tertiary/aromatic N) is 2. The summed E-state index contributed by atoms with van der Waals surface area (Å²) in [5.74, 6) is 1.57. The van der Waals surface area contributed by atoms with Crippen LogP contribution in [0.5, 0.6) is 5.75 Å². The summed E-state index contributed by atoms with van der Waals surface area (Å²) in [6.07, 6.45) is 0. The highest BCUT2D eigenvalue weighted by atomic mass is 35.5. The van der Waals surface area contributed by atoms with Gasteiger partial charge in [-0.2, -0.15) is 0 Å². The minimum Gasteiger partial charge on any atom is -0.493 e. The van der Waals surface area contributed by atoms with Gasteiger partial charge >= 0.3 is 0 Å². The highest BCUT2D eigenvalue weighted by molar-refractivity contribution is 8.01. The van der Waals surface area contributed by atoms with Crippen LogP contribution in [0.1, 0.15) is 0 Å². The molecule has 2 aromatic carbocycles. The molecular formula is C16H13ClN2OS3. The Labute approximate surface area is 152 Å². The summed E-state index contributed by atoms with van der Waals surface area (Å²) < 4.78 is 9.14. The molecule has 0 spiro atoms. The average molecular weight is 381 g/mol. The Morgan fingerprint density at radius 1 is 1.17 bits per heavy atom. The number of rotatable bonds is 6. The predicted molar refractivity (Wildman–Crippen MR) is 99.9 cm³/mol. The molecule has 3 rings (SSSR count). The lowest BCUT2D eigenvalue weighted by Gasteiger charge is -2.05. The maximum atomic E-state index is 5.92. The first-order chi connectivity index (χ1) is 11.2. The standard InChI is InChI=1S/C16H13ClN2OS3/c17-12-5-4-8-14(11-12)20-9-10-22-15-18-19(16(21)23-15)13-6-2-1-3-7-13/h1-8,11H,9-10H2. The summed E-state index contributed by atoms with van der Waals surface area (Å²) in [5.41, 5.74) is 0.982. The van der Waals surface area contributed by atoms with Crippen molar-refractivity contribution in [1.29, 1.82) is 0 Å². The quantitative estimate of drug-likeness (QED) is 0.321. The molecule has 7 heteroatoms.